The SMILES string of the molecule is O=C(c1cccc(-n2cc(Br)cn2)c1)N1CCCCC1c1nc(-c2ncccn2)no1. The molecule has 3 aromatic heterocycles. The van der Waals surface area contributed by atoms with Crippen LogP contribution in [-0.4, -0.2) is 47.2 Å². The normalized spacial score (nSPS) is 16.4. The summed E-state index contributed by atoms with van der Waals surface area (Å²) in [6, 6.07) is 8.86. The molecule has 1 amide bonds. The molecule has 1 atom stereocenters. The van der Waals surface area contributed by atoms with Crippen molar-refractivity contribution in [3.05, 3.63) is 71.0 Å². The van der Waals surface area contributed by atoms with Gasteiger partial charge in [0.1, 0.15) is 6.04 Å². The van der Waals surface area contributed by atoms with Gasteiger partial charge in [0, 0.05) is 30.7 Å². The Bertz CT molecular complexity index is 1210. The molecule has 4 heterocycles. The van der Waals surface area contributed by atoms with Gasteiger partial charge in [0.15, 0.2) is 0 Å². The van der Waals surface area contributed by atoms with Crippen LogP contribution in [0.5, 0.6) is 0 Å². The lowest BCUT2D eigenvalue weighted by Gasteiger charge is -2.33. The summed E-state index contributed by atoms with van der Waals surface area (Å²) in [5.74, 6) is 1.04. The van der Waals surface area contributed by atoms with Crippen LogP contribution in [0.4, 0.5) is 0 Å². The van der Waals surface area contributed by atoms with Gasteiger partial charge in [-0.15, -0.1) is 0 Å². The van der Waals surface area contributed by atoms with Crippen molar-refractivity contribution in [2.45, 2.75) is 25.3 Å². The van der Waals surface area contributed by atoms with Crippen LogP contribution in [0.2, 0.25) is 0 Å². The number of rotatable bonds is 4. The summed E-state index contributed by atoms with van der Waals surface area (Å²) >= 11 is 3.40. The topological polar surface area (TPSA) is 103 Å². The molecule has 0 saturated carbocycles. The third-order valence-corrected chi connectivity index (χ3v) is 5.57. The average Bonchev–Trinajstić information content (AvgIpc) is 3.49. The molecule has 1 aliphatic heterocycles. The Kier molecular flexibility index (Phi) is 5.29. The number of nitrogens with zero attached hydrogens (tertiary/aromatic N) is 7. The summed E-state index contributed by atoms with van der Waals surface area (Å²) in [6.45, 7) is 0.626. The van der Waals surface area contributed by atoms with E-state index in [9.17, 15) is 4.79 Å². The van der Waals surface area contributed by atoms with Gasteiger partial charge in [-0.2, -0.15) is 10.1 Å². The number of carbonyl (C=O) groups is 1. The van der Waals surface area contributed by atoms with E-state index in [0.29, 0.717) is 29.6 Å². The molecular formula is C21H18BrN7O2. The fourth-order valence-corrected chi connectivity index (χ4v) is 3.98. The van der Waals surface area contributed by atoms with Crippen molar-refractivity contribution in [1.29, 1.82) is 0 Å². The Hall–Kier alpha value is -3.40. The Morgan fingerprint density at radius 3 is 2.81 bits per heavy atom. The first-order chi connectivity index (χ1) is 15.2. The van der Waals surface area contributed by atoms with Gasteiger partial charge in [0.2, 0.25) is 17.5 Å². The molecule has 0 bridgehead atoms. The number of halogens is 1. The molecule has 0 radical (unpaired) electrons. The summed E-state index contributed by atoms with van der Waals surface area (Å²) in [5, 5.41) is 8.31. The smallest absolute Gasteiger partial charge is 0.254 e. The predicted molar refractivity (Wildman–Crippen MR) is 114 cm³/mol. The van der Waals surface area contributed by atoms with E-state index in [4.69, 9.17) is 4.52 Å². The number of likely N-dealkylation sites (tertiary alicyclic amines) is 1. The molecular weight excluding hydrogens is 462 g/mol. The summed E-state index contributed by atoms with van der Waals surface area (Å²) in [4.78, 5) is 28.0. The van der Waals surface area contributed by atoms with Crippen LogP contribution in [0.25, 0.3) is 17.3 Å². The highest BCUT2D eigenvalue weighted by atomic mass is 79.9. The number of piperidine rings is 1. The summed E-state index contributed by atoms with van der Waals surface area (Å²) in [7, 11) is 0. The molecule has 9 nitrogen and oxygen atoms in total. The summed E-state index contributed by atoms with van der Waals surface area (Å²) < 4.78 is 8.11. The van der Waals surface area contributed by atoms with Crippen LogP contribution in [0.3, 0.4) is 0 Å². The molecule has 0 N–H and O–H groups in total. The van der Waals surface area contributed by atoms with E-state index < -0.39 is 0 Å². The number of aromatic nitrogens is 6. The van der Waals surface area contributed by atoms with Crippen LogP contribution in [-0.2, 0) is 0 Å². The monoisotopic (exact) mass is 479 g/mol. The molecule has 5 rings (SSSR count). The van der Waals surface area contributed by atoms with E-state index in [1.165, 1.54) is 0 Å². The second-order valence-electron chi connectivity index (χ2n) is 7.19. The quantitative estimate of drug-likeness (QED) is 0.437. The summed E-state index contributed by atoms with van der Waals surface area (Å²) in [6.07, 6.45) is 9.47. The molecule has 10 heteroatoms. The van der Waals surface area contributed by atoms with E-state index in [0.717, 1.165) is 29.4 Å². The second kappa shape index (κ2) is 8.38. The van der Waals surface area contributed by atoms with E-state index in [1.807, 2.05) is 35.4 Å². The lowest BCUT2D eigenvalue weighted by atomic mass is 10.0. The first kappa shape index (κ1) is 19.6. The van der Waals surface area contributed by atoms with E-state index in [1.54, 1.807) is 29.3 Å². The maximum absolute atomic E-state index is 13.4. The summed E-state index contributed by atoms with van der Waals surface area (Å²) in [5.41, 5.74) is 1.40. The maximum Gasteiger partial charge on any atom is 0.254 e. The van der Waals surface area contributed by atoms with Gasteiger partial charge in [-0.05, 0) is 59.5 Å². The minimum Gasteiger partial charge on any atom is -0.337 e. The fourth-order valence-electron chi connectivity index (χ4n) is 3.70. The van der Waals surface area contributed by atoms with Gasteiger partial charge in [0.25, 0.3) is 5.91 Å². The van der Waals surface area contributed by atoms with Crippen molar-refractivity contribution in [3.63, 3.8) is 0 Å². The largest absolute Gasteiger partial charge is 0.337 e. The van der Waals surface area contributed by atoms with Crippen molar-refractivity contribution in [2.24, 2.45) is 0 Å². The van der Waals surface area contributed by atoms with Crippen molar-refractivity contribution in [2.75, 3.05) is 6.54 Å². The number of amides is 1. The molecule has 1 aliphatic rings. The molecule has 31 heavy (non-hydrogen) atoms. The zero-order chi connectivity index (χ0) is 21.2. The highest BCUT2D eigenvalue weighted by molar-refractivity contribution is 9.10. The van der Waals surface area contributed by atoms with Crippen molar-refractivity contribution >= 4 is 21.8 Å². The highest BCUT2D eigenvalue weighted by Crippen LogP contribution is 2.32. The van der Waals surface area contributed by atoms with Crippen LogP contribution < -0.4 is 0 Å². The predicted octanol–water partition coefficient (Wildman–Crippen LogP) is 3.84. The standard InChI is InChI=1S/C21H18BrN7O2/c22-15-12-25-29(13-15)16-6-3-5-14(11-16)21(30)28-10-2-1-7-17(28)20-26-19(27-31-20)18-23-8-4-9-24-18/h3-6,8-9,11-13,17H,1-2,7,10H2. The lowest BCUT2D eigenvalue weighted by Crippen LogP contribution is -2.38. The zero-order valence-electron chi connectivity index (χ0n) is 16.4. The molecule has 0 aliphatic carbocycles. The van der Waals surface area contributed by atoms with Gasteiger partial charge < -0.3 is 9.42 Å². The van der Waals surface area contributed by atoms with E-state index in [2.05, 4.69) is 41.1 Å². The average molecular weight is 480 g/mol. The highest BCUT2D eigenvalue weighted by Gasteiger charge is 2.33. The van der Waals surface area contributed by atoms with E-state index in [-0.39, 0.29) is 11.9 Å². The minimum atomic E-state index is -0.284. The van der Waals surface area contributed by atoms with Gasteiger partial charge in [-0.1, -0.05) is 11.2 Å². The Morgan fingerprint density at radius 2 is 2.00 bits per heavy atom. The fraction of sp³-hybridized carbons (Fsp3) is 0.238. The van der Waals surface area contributed by atoms with Crippen LogP contribution >= 0.6 is 15.9 Å². The minimum absolute atomic E-state index is 0.0755. The van der Waals surface area contributed by atoms with Crippen LogP contribution in [0.1, 0.15) is 41.6 Å². The van der Waals surface area contributed by atoms with Gasteiger partial charge in [-0.3, -0.25) is 4.79 Å². The van der Waals surface area contributed by atoms with Gasteiger partial charge >= 0.3 is 0 Å². The van der Waals surface area contributed by atoms with E-state index >= 15 is 0 Å². The Labute approximate surface area is 186 Å². The van der Waals surface area contributed by atoms with Gasteiger partial charge in [0.05, 0.1) is 16.4 Å². The number of hydrogen-bond donors (Lipinski definition) is 0. The van der Waals surface area contributed by atoms with Crippen LogP contribution in [0.15, 0.2) is 64.1 Å². The third-order valence-electron chi connectivity index (χ3n) is 5.16. The molecule has 1 aromatic carbocycles. The molecule has 4 aromatic rings. The second-order valence-corrected chi connectivity index (χ2v) is 8.11. The van der Waals surface area contributed by atoms with Gasteiger partial charge in [-0.25, -0.2) is 14.6 Å². The zero-order valence-corrected chi connectivity index (χ0v) is 18.0. The van der Waals surface area contributed by atoms with Crippen molar-refractivity contribution in [1.82, 2.24) is 34.8 Å². The first-order valence-electron chi connectivity index (χ1n) is 9.91. The Morgan fingerprint density at radius 1 is 1.13 bits per heavy atom. The third kappa shape index (κ3) is 3.98. The van der Waals surface area contributed by atoms with Crippen LogP contribution in [0, 0.1) is 0 Å². The Balaban J connectivity index is 1.42. The molecule has 0 spiro atoms. The number of carbonyl (C=O) groups excluding carboxylic acids is 1. The number of hydrogen-bond acceptors (Lipinski definition) is 7. The molecule has 1 fully saturated rings. The van der Waals surface area contributed by atoms with Crippen molar-refractivity contribution < 1.29 is 9.32 Å². The molecule has 1 saturated heterocycles. The lowest BCUT2D eigenvalue weighted by molar-refractivity contribution is 0.0561. The molecule has 156 valence electrons. The number of benzene rings is 1. The maximum atomic E-state index is 13.4. The molecule has 1 unspecified atom stereocenters. The first-order valence-corrected chi connectivity index (χ1v) is 10.7. The van der Waals surface area contributed by atoms with Crippen molar-refractivity contribution in [3.8, 4) is 17.3 Å².